The first-order chi connectivity index (χ1) is 22.7. The van der Waals surface area contributed by atoms with Crippen LogP contribution in [0.25, 0.3) is 22.5 Å². The number of benzene rings is 3. The van der Waals surface area contributed by atoms with Crippen LogP contribution in [0, 0.1) is 13.8 Å². The zero-order valence-corrected chi connectivity index (χ0v) is 27.9. The molecule has 5 aromatic rings. The number of aryl methyl sites for hydroxylation is 1. The molecule has 47 heavy (non-hydrogen) atoms. The summed E-state index contributed by atoms with van der Waals surface area (Å²) in [6.45, 7) is 9.80. The second-order valence-electron chi connectivity index (χ2n) is 11.1. The molecule has 9 nitrogen and oxygen atoms in total. The summed E-state index contributed by atoms with van der Waals surface area (Å²) in [5.41, 5.74) is 5.48. The third-order valence-corrected chi connectivity index (χ3v) is 9.33. The van der Waals surface area contributed by atoms with Crippen molar-refractivity contribution in [3.05, 3.63) is 126 Å². The van der Waals surface area contributed by atoms with Crippen LogP contribution in [0.5, 0.6) is 5.75 Å². The minimum absolute atomic E-state index is 0.192. The lowest BCUT2D eigenvalue weighted by Gasteiger charge is -2.26. The van der Waals surface area contributed by atoms with E-state index in [1.165, 1.54) is 11.3 Å². The number of allylic oxidation sites excluding steroid dienone is 1. The van der Waals surface area contributed by atoms with E-state index in [-0.39, 0.29) is 18.1 Å². The summed E-state index contributed by atoms with van der Waals surface area (Å²) >= 11 is 1.29. The van der Waals surface area contributed by atoms with E-state index in [2.05, 4.69) is 4.57 Å². The second kappa shape index (κ2) is 12.9. The van der Waals surface area contributed by atoms with E-state index in [1.807, 2.05) is 74.5 Å². The van der Waals surface area contributed by atoms with Gasteiger partial charge in [-0.05, 0) is 93.6 Å². The molecule has 1 atom stereocenters. The molecule has 240 valence electrons. The van der Waals surface area contributed by atoms with Crippen molar-refractivity contribution in [2.75, 3.05) is 20.3 Å². The van der Waals surface area contributed by atoms with Crippen molar-refractivity contribution < 1.29 is 23.8 Å². The Kier molecular flexibility index (Phi) is 8.70. The van der Waals surface area contributed by atoms with E-state index < -0.39 is 12.0 Å². The van der Waals surface area contributed by atoms with Gasteiger partial charge < -0.3 is 18.8 Å². The van der Waals surface area contributed by atoms with Crippen LogP contribution in [0.4, 0.5) is 0 Å². The Morgan fingerprint density at radius 2 is 1.60 bits per heavy atom. The molecular weight excluding hydrogens is 614 g/mol. The zero-order chi connectivity index (χ0) is 33.4. The Hall–Kier alpha value is -5.22. The van der Waals surface area contributed by atoms with Crippen LogP contribution < -0.4 is 19.6 Å². The number of hydrogen-bond acceptors (Lipinski definition) is 8. The lowest BCUT2D eigenvalue weighted by Crippen LogP contribution is -2.40. The predicted molar refractivity (Wildman–Crippen MR) is 182 cm³/mol. The number of methoxy groups -OCH3 is 1. The van der Waals surface area contributed by atoms with Crippen LogP contribution in [0.1, 0.15) is 59.7 Å². The van der Waals surface area contributed by atoms with Crippen molar-refractivity contribution in [2.24, 2.45) is 4.99 Å². The molecule has 1 aliphatic rings. The predicted octanol–water partition coefficient (Wildman–Crippen LogP) is 5.54. The average Bonchev–Trinajstić information content (AvgIpc) is 3.52. The molecule has 0 saturated carbocycles. The fourth-order valence-corrected chi connectivity index (χ4v) is 7.27. The number of esters is 2. The molecule has 0 amide bonds. The van der Waals surface area contributed by atoms with Gasteiger partial charge in [-0.25, -0.2) is 14.6 Å². The number of thiazole rings is 1. The maximum absolute atomic E-state index is 14.4. The lowest BCUT2D eigenvalue weighted by molar-refractivity contribution is -0.139. The van der Waals surface area contributed by atoms with E-state index in [1.54, 1.807) is 44.6 Å². The summed E-state index contributed by atoms with van der Waals surface area (Å²) in [7, 11) is 1.62. The maximum atomic E-state index is 14.4. The Morgan fingerprint density at radius 3 is 2.28 bits per heavy atom. The third-order valence-electron chi connectivity index (χ3n) is 8.34. The molecule has 10 heteroatoms. The molecule has 0 saturated heterocycles. The van der Waals surface area contributed by atoms with Gasteiger partial charge in [-0.2, -0.15) is 0 Å². The molecule has 0 bridgehead atoms. The largest absolute Gasteiger partial charge is 0.496 e. The number of carbonyl (C=O) groups is 2. The number of nitrogens with zero attached hydrogens (tertiary/aromatic N) is 3. The summed E-state index contributed by atoms with van der Waals surface area (Å²) in [6, 6.07) is 20.1. The summed E-state index contributed by atoms with van der Waals surface area (Å²) in [6.07, 6.45) is 1.88. The molecule has 0 radical (unpaired) electrons. The van der Waals surface area contributed by atoms with Crippen LogP contribution in [-0.4, -0.2) is 41.4 Å². The first-order valence-electron chi connectivity index (χ1n) is 15.4. The van der Waals surface area contributed by atoms with Crippen LogP contribution in [0.15, 0.2) is 87.8 Å². The minimum atomic E-state index is -0.756. The van der Waals surface area contributed by atoms with Gasteiger partial charge in [0, 0.05) is 22.5 Å². The van der Waals surface area contributed by atoms with E-state index in [0.29, 0.717) is 38.5 Å². The van der Waals surface area contributed by atoms with E-state index in [0.717, 1.165) is 39.0 Å². The van der Waals surface area contributed by atoms with Crippen molar-refractivity contribution in [1.82, 2.24) is 9.13 Å². The first kappa shape index (κ1) is 31.7. The SMILES string of the molecule is CCOC(=O)C1=C(C)N=c2sc(=Cc3cc(C)n(-c4ccc(C(=O)OCC)cc4)c3C)c(=O)n2C1c1ccc(OC)c2ccccc12. The Labute approximate surface area is 275 Å². The molecule has 1 aliphatic heterocycles. The monoisotopic (exact) mass is 649 g/mol. The molecule has 0 spiro atoms. The summed E-state index contributed by atoms with van der Waals surface area (Å²) in [4.78, 5) is 45.2. The molecule has 0 aliphatic carbocycles. The van der Waals surface area contributed by atoms with Gasteiger partial charge in [0.15, 0.2) is 4.80 Å². The average molecular weight is 650 g/mol. The number of carbonyl (C=O) groups excluding carboxylic acids is 2. The summed E-state index contributed by atoms with van der Waals surface area (Å²) < 4.78 is 20.4. The highest BCUT2D eigenvalue weighted by Gasteiger charge is 2.34. The quantitative estimate of drug-likeness (QED) is 0.205. The van der Waals surface area contributed by atoms with Crippen LogP contribution in [0.2, 0.25) is 0 Å². The van der Waals surface area contributed by atoms with E-state index >= 15 is 0 Å². The third kappa shape index (κ3) is 5.59. The molecule has 0 N–H and O–H groups in total. The molecule has 6 rings (SSSR count). The molecule has 3 aromatic carbocycles. The van der Waals surface area contributed by atoms with Crippen molar-refractivity contribution in [3.63, 3.8) is 0 Å². The number of fused-ring (bicyclic) bond motifs is 2. The number of ether oxygens (including phenoxy) is 3. The molecule has 2 aromatic heterocycles. The summed E-state index contributed by atoms with van der Waals surface area (Å²) in [5.74, 6) is -0.176. The van der Waals surface area contributed by atoms with Gasteiger partial charge in [0.1, 0.15) is 5.75 Å². The van der Waals surface area contributed by atoms with Crippen molar-refractivity contribution in [1.29, 1.82) is 0 Å². The topological polar surface area (TPSA) is 101 Å². The van der Waals surface area contributed by atoms with Gasteiger partial charge in [-0.1, -0.05) is 41.7 Å². The van der Waals surface area contributed by atoms with Crippen LogP contribution in [-0.2, 0) is 14.3 Å². The molecule has 0 fully saturated rings. The van der Waals surface area contributed by atoms with Crippen molar-refractivity contribution in [2.45, 2.75) is 40.7 Å². The number of rotatable bonds is 8. The van der Waals surface area contributed by atoms with E-state index in [9.17, 15) is 14.4 Å². The fraction of sp³-hybridized carbons (Fsp3) is 0.243. The van der Waals surface area contributed by atoms with Crippen molar-refractivity contribution in [3.8, 4) is 11.4 Å². The standard InChI is InChI=1S/C37H35N3O6S/c1-7-45-35(42)24-13-15-26(16-14-24)39-21(3)19-25(23(39)5)20-31-34(41)40-33(32(36(43)46-8-2)22(4)38-37(40)47-31)29-17-18-30(44-6)28-12-10-9-11-27(28)29/h9-20,33H,7-8H2,1-6H3. The zero-order valence-electron chi connectivity index (χ0n) is 27.1. The van der Waals surface area contributed by atoms with Crippen molar-refractivity contribution >= 4 is 40.1 Å². The van der Waals surface area contributed by atoms with Gasteiger partial charge in [0.05, 0.1) is 47.7 Å². The molecule has 1 unspecified atom stereocenters. The van der Waals surface area contributed by atoms with Gasteiger partial charge in [-0.3, -0.25) is 9.36 Å². The van der Waals surface area contributed by atoms with Gasteiger partial charge in [0.25, 0.3) is 5.56 Å². The van der Waals surface area contributed by atoms with Gasteiger partial charge in [0.2, 0.25) is 0 Å². The highest BCUT2D eigenvalue weighted by atomic mass is 32.1. The molecular formula is C37H35N3O6S. The van der Waals surface area contributed by atoms with Crippen LogP contribution >= 0.6 is 11.3 Å². The lowest BCUT2D eigenvalue weighted by atomic mass is 9.91. The second-order valence-corrected chi connectivity index (χ2v) is 12.1. The Bertz CT molecular complexity index is 2260. The highest BCUT2D eigenvalue weighted by molar-refractivity contribution is 7.07. The van der Waals surface area contributed by atoms with Gasteiger partial charge >= 0.3 is 11.9 Å². The molecule has 3 heterocycles. The van der Waals surface area contributed by atoms with Gasteiger partial charge in [-0.15, -0.1) is 0 Å². The van der Waals surface area contributed by atoms with E-state index in [4.69, 9.17) is 19.2 Å². The fourth-order valence-electron chi connectivity index (χ4n) is 6.23. The number of aromatic nitrogens is 2. The Morgan fingerprint density at radius 1 is 0.915 bits per heavy atom. The smallest absolute Gasteiger partial charge is 0.338 e. The number of hydrogen-bond donors (Lipinski definition) is 0. The highest BCUT2D eigenvalue weighted by Crippen LogP contribution is 2.38. The minimum Gasteiger partial charge on any atom is -0.496 e. The Balaban J connectivity index is 1.51. The summed E-state index contributed by atoms with van der Waals surface area (Å²) in [5, 5.41) is 1.73. The first-order valence-corrected chi connectivity index (χ1v) is 16.2. The normalized spacial score (nSPS) is 14.6. The van der Waals surface area contributed by atoms with Crippen LogP contribution in [0.3, 0.4) is 0 Å². The maximum Gasteiger partial charge on any atom is 0.338 e.